The lowest BCUT2D eigenvalue weighted by atomic mass is 10.0. The van der Waals surface area contributed by atoms with Crippen LogP contribution in [0, 0.1) is 13.8 Å². The number of rotatable bonds is 6. The van der Waals surface area contributed by atoms with E-state index < -0.39 is 7.60 Å². The monoisotopic (exact) mass is 431 g/mol. The standard InChI is InChI=1S/C20H26N5O4P/c1-13-6-14(2)8-16(7-13)17-4-5-28-30(26,29-17)12-27-15(3)9-25-11-24-18-19(21)22-10-23-20(18)25/h6-8,10-11,15,17H,4-5,9,12H2,1-3H3,(H2,21,22,23)/t15-,17?,30?/m1/s1. The summed E-state index contributed by atoms with van der Waals surface area (Å²) in [7, 11) is -3.36. The second kappa shape index (κ2) is 8.43. The quantitative estimate of drug-likeness (QED) is 0.587. The number of hydrogen-bond acceptors (Lipinski definition) is 8. The van der Waals surface area contributed by atoms with Gasteiger partial charge in [-0.05, 0) is 26.3 Å². The number of benzene rings is 1. The van der Waals surface area contributed by atoms with Gasteiger partial charge in [0.25, 0.3) is 0 Å². The lowest BCUT2D eigenvalue weighted by Crippen LogP contribution is -2.21. The lowest BCUT2D eigenvalue weighted by molar-refractivity contribution is 0.0340. The number of ether oxygens (including phenoxy) is 1. The summed E-state index contributed by atoms with van der Waals surface area (Å²) in [5.74, 6) is 0.332. The lowest BCUT2D eigenvalue weighted by Gasteiger charge is -2.31. The third kappa shape index (κ3) is 4.54. The van der Waals surface area contributed by atoms with Crippen LogP contribution in [-0.4, -0.2) is 38.6 Å². The molecule has 9 nitrogen and oxygen atoms in total. The molecule has 1 fully saturated rings. The first-order chi connectivity index (χ1) is 14.3. The van der Waals surface area contributed by atoms with E-state index in [1.807, 2.05) is 25.3 Å². The van der Waals surface area contributed by atoms with Gasteiger partial charge >= 0.3 is 7.60 Å². The van der Waals surface area contributed by atoms with Crippen LogP contribution in [0.4, 0.5) is 5.82 Å². The van der Waals surface area contributed by atoms with Gasteiger partial charge in [0.05, 0.1) is 31.7 Å². The van der Waals surface area contributed by atoms with Crippen LogP contribution in [0.5, 0.6) is 0 Å². The van der Waals surface area contributed by atoms with Gasteiger partial charge in [0.15, 0.2) is 11.5 Å². The highest BCUT2D eigenvalue weighted by Crippen LogP contribution is 2.56. The summed E-state index contributed by atoms with van der Waals surface area (Å²) >= 11 is 0. The largest absolute Gasteiger partial charge is 0.382 e. The number of anilines is 1. The predicted molar refractivity (Wildman–Crippen MR) is 113 cm³/mol. The molecule has 0 saturated carbocycles. The molecule has 1 aliphatic rings. The Morgan fingerprint density at radius 1 is 1.27 bits per heavy atom. The van der Waals surface area contributed by atoms with Gasteiger partial charge < -0.3 is 19.6 Å². The van der Waals surface area contributed by atoms with Gasteiger partial charge in [-0.2, -0.15) is 0 Å². The summed E-state index contributed by atoms with van der Waals surface area (Å²) in [6, 6.07) is 6.23. The van der Waals surface area contributed by atoms with E-state index in [1.165, 1.54) is 6.33 Å². The fraction of sp³-hybridized carbons (Fsp3) is 0.450. The van der Waals surface area contributed by atoms with E-state index in [1.54, 1.807) is 6.33 Å². The molecular formula is C20H26N5O4P. The van der Waals surface area contributed by atoms with Gasteiger partial charge in [0.1, 0.15) is 18.2 Å². The van der Waals surface area contributed by atoms with Crippen molar-refractivity contribution in [1.29, 1.82) is 0 Å². The molecule has 30 heavy (non-hydrogen) atoms. The predicted octanol–water partition coefficient (Wildman–Crippen LogP) is 3.76. The molecule has 2 unspecified atom stereocenters. The maximum absolute atomic E-state index is 13.1. The van der Waals surface area contributed by atoms with Crippen molar-refractivity contribution in [2.24, 2.45) is 0 Å². The van der Waals surface area contributed by atoms with Crippen LogP contribution < -0.4 is 5.73 Å². The van der Waals surface area contributed by atoms with E-state index in [9.17, 15) is 4.57 Å². The van der Waals surface area contributed by atoms with Crippen LogP contribution in [0.25, 0.3) is 11.2 Å². The molecule has 10 heteroatoms. The second-order valence-corrected chi connectivity index (χ2v) is 9.63. The molecule has 1 saturated heterocycles. The van der Waals surface area contributed by atoms with Crippen molar-refractivity contribution in [3.8, 4) is 0 Å². The molecule has 2 aromatic heterocycles. The van der Waals surface area contributed by atoms with Gasteiger partial charge in [-0.25, -0.2) is 15.0 Å². The number of hydrogen-bond donors (Lipinski definition) is 1. The molecule has 0 aliphatic carbocycles. The second-order valence-electron chi connectivity index (χ2n) is 7.68. The van der Waals surface area contributed by atoms with Gasteiger partial charge in [0.2, 0.25) is 0 Å². The van der Waals surface area contributed by atoms with Crippen molar-refractivity contribution in [3.05, 3.63) is 47.5 Å². The third-order valence-electron chi connectivity index (χ3n) is 4.97. The number of fused-ring (bicyclic) bond motifs is 1. The van der Waals surface area contributed by atoms with E-state index in [0.717, 1.165) is 16.7 Å². The zero-order valence-electron chi connectivity index (χ0n) is 17.3. The van der Waals surface area contributed by atoms with Crippen LogP contribution in [-0.2, 0) is 24.9 Å². The summed E-state index contributed by atoms with van der Waals surface area (Å²) in [5.41, 5.74) is 10.3. The zero-order valence-corrected chi connectivity index (χ0v) is 18.2. The highest BCUT2D eigenvalue weighted by molar-refractivity contribution is 7.53. The minimum Gasteiger partial charge on any atom is -0.382 e. The van der Waals surface area contributed by atoms with Gasteiger partial charge in [-0.3, -0.25) is 9.09 Å². The van der Waals surface area contributed by atoms with Crippen molar-refractivity contribution >= 4 is 24.6 Å². The number of nitrogen functional groups attached to an aromatic ring is 1. The van der Waals surface area contributed by atoms with Gasteiger partial charge in [-0.1, -0.05) is 29.3 Å². The molecule has 2 N–H and O–H groups in total. The van der Waals surface area contributed by atoms with Gasteiger partial charge in [-0.15, -0.1) is 0 Å². The van der Waals surface area contributed by atoms with Crippen LogP contribution in [0.3, 0.4) is 0 Å². The molecule has 3 atom stereocenters. The van der Waals surface area contributed by atoms with Gasteiger partial charge in [0, 0.05) is 6.42 Å². The van der Waals surface area contributed by atoms with Crippen molar-refractivity contribution in [1.82, 2.24) is 19.5 Å². The molecular weight excluding hydrogens is 405 g/mol. The molecule has 0 spiro atoms. The molecule has 3 heterocycles. The smallest absolute Gasteiger partial charge is 0.356 e. The Hall–Kier alpha value is -2.32. The molecule has 1 aromatic carbocycles. The molecule has 1 aliphatic heterocycles. The fourth-order valence-electron chi connectivity index (χ4n) is 3.65. The van der Waals surface area contributed by atoms with Crippen LogP contribution >= 0.6 is 7.60 Å². The van der Waals surface area contributed by atoms with E-state index in [0.29, 0.717) is 36.6 Å². The Balaban J connectivity index is 1.39. The van der Waals surface area contributed by atoms with Crippen molar-refractivity contribution < 1.29 is 18.3 Å². The number of aromatic nitrogens is 4. The third-order valence-corrected chi connectivity index (χ3v) is 6.59. The van der Waals surface area contributed by atoms with Crippen LogP contribution in [0.1, 0.15) is 36.1 Å². The Bertz CT molecular complexity index is 1080. The molecule has 0 radical (unpaired) electrons. The zero-order chi connectivity index (χ0) is 21.3. The normalized spacial score (nSPS) is 23.0. The highest BCUT2D eigenvalue weighted by Gasteiger charge is 2.35. The first-order valence-corrected chi connectivity index (χ1v) is 11.6. The van der Waals surface area contributed by atoms with Crippen LogP contribution in [0.2, 0.25) is 0 Å². The average molecular weight is 431 g/mol. The minimum atomic E-state index is -3.36. The summed E-state index contributed by atoms with van der Waals surface area (Å²) in [6.07, 6.45) is 3.05. The van der Waals surface area contributed by atoms with Crippen molar-refractivity contribution in [2.45, 2.75) is 45.9 Å². The Morgan fingerprint density at radius 2 is 2.03 bits per heavy atom. The summed E-state index contributed by atoms with van der Waals surface area (Å²) < 4.78 is 32.2. The molecule has 3 aromatic rings. The Morgan fingerprint density at radius 3 is 2.80 bits per heavy atom. The first kappa shape index (κ1) is 20.9. The maximum atomic E-state index is 13.1. The Kier molecular flexibility index (Phi) is 5.88. The number of nitrogens with two attached hydrogens (primary N) is 1. The molecule has 160 valence electrons. The van der Waals surface area contributed by atoms with Crippen LogP contribution in [0.15, 0.2) is 30.9 Å². The summed E-state index contributed by atoms with van der Waals surface area (Å²) in [6.45, 7) is 6.80. The summed E-state index contributed by atoms with van der Waals surface area (Å²) in [4.78, 5) is 12.4. The Labute approximate surface area is 175 Å². The molecule has 4 rings (SSSR count). The summed E-state index contributed by atoms with van der Waals surface area (Å²) in [5, 5.41) is 0. The molecule has 0 bridgehead atoms. The number of aryl methyl sites for hydroxylation is 2. The highest BCUT2D eigenvalue weighted by atomic mass is 31.2. The fourth-order valence-corrected chi connectivity index (χ4v) is 5.28. The SMILES string of the molecule is Cc1cc(C)cc(C2CCOP(=O)(CO[C@H](C)Cn3cnc4c(N)ncnc43)O2)c1. The van der Waals surface area contributed by atoms with E-state index in [4.69, 9.17) is 19.5 Å². The minimum absolute atomic E-state index is 0.112. The first-order valence-electron chi connectivity index (χ1n) is 9.86. The maximum Gasteiger partial charge on any atom is 0.356 e. The van der Waals surface area contributed by atoms with E-state index in [-0.39, 0.29) is 18.6 Å². The number of imidazole rings is 1. The average Bonchev–Trinajstić information content (AvgIpc) is 3.10. The number of nitrogens with zero attached hydrogens (tertiary/aromatic N) is 4. The molecule has 0 amide bonds. The van der Waals surface area contributed by atoms with Crippen molar-refractivity contribution in [2.75, 3.05) is 18.7 Å². The van der Waals surface area contributed by atoms with E-state index >= 15 is 0 Å². The van der Waals surface area contributed by atoms with Crippen molar-refractivity contribution in [3.63, 3.8) is 0 Å². The van der Waals surface area contributed by atoms with E-state index in [2.05, 4.69) is 33.2 Å². The topological polar surface area (TPSA) is 114 Å².